The van der Waals surface area contributed by atoms with Crippen LogP contribution < -0.4 is 16.4 Å². The minimum atomic E-state index is -1.06. The van der Waals surface area contributed by atoms with Crippen LogP contribution in [-0.2, 0) is 9.59 Å². The number of carboxylic acids is 1. The van der Waals surface area contributed by atoms with Gasteiger partial charge in [0.25, 0.3) is 0 Å². The topological polar surface area (TPSA) is 104 Å². The molecule has 0 spiro atoms. The number of hydrogen-bond acceptors (Lipinski definition) is 4. The Morgan fingerprint density at radius 2 is 2.05 bits per heavy atom. The minimum absolute atomic E-state index is 0.136. The zero-order valence-electron chi connectivity index (χ0n) is 11.8. The van der Waals surface area contributed by atoms with Gasteiger partial charge in [0.2, 0.25) is 5.91 Å². The van der Waals surface area contributed by atoms with Gasteiger partial charge in [-0.1, -0.05) is 12.1 Å². The number of carbonyl (C=O) groups excluding carboxylic acids is 1. The summed E-state index contributed by atoms with van der Waals surface area (Å²) in [5.41, 5.74) is 7.98. The number of anilines is 1. The number of benzene rings is 1. The molecule has 0 aromatic heterocycles. The monoisotopic (exact) mass is 279 g/mol. The predicted molar refractivity (Wildman–Crippen MR) is 77.6 cm³/mol. The highest BCUT2D eigenvalue weighted by atomic mass is 16.4. The number of rotatable bonds is 7. The Morgan fingerprint density at radius 3 is 2.65 bits per heavy atom. The van der Waals surface area contributed by atoms with Gasteiger partial charge in [0.15, 0.2) is 0 Å². The second-order valence-corrected chi connectivity index (χ2v) is 4.70. The molecule has 0 aliphatic heterocycles. The van der Waals surface area contributed by atoms with Gasteiger partial charge in [-0.25, -0.2) is 0 Å². The third kappa shape index (κ3) is 4.99. The minimum Gasteiger partial charge on any atom is -0.480 e. The fraction of sp³-hybridized carbons (Fsp3) is 0.429. The van der Waals surface area contributed by atoms with Gasteiger partial charge in [-0.05, 0) is 31.0 Å². The van der Waals surface area contributed by atoms with Crippen LogP contribution in [0.3, 0.4) is 0 Å². The summed E-state index contributed by atoms with van der Waals surface area (Å²) in [6.07, 6.45) is -0.136. The highest BCUT2D eigenvalue weighted by Crippen LogP contribution is 2.16. The van der Waals surface area contributed by atoms with Gasteiger partial charge in [-0.2, -0.15) is 0 Å². The summed E-state index contributed by atoms with van der Waals surface area (Å²) in [5.74, 6) is -1.40. The number of aryl methyl sites for hydroxylation is 2. The molecule has 1 rings (SSSR count). The Balaban J connectivity index is 2.65. The molecule has 0 heterocycles. The Kier molecular flexibility index (Phi) is 6.14. The molecule has 0 aliphatic carbocycles. The molecule has 0 aliphatic rings. The van der Waals surface area contributed by atoms with Crippen LogP contribution in [0.25, 0.3) is 0 Å². The van der Waals surface area contributed by atoms with Crippen molar-refractivity contribution >= 4 is 17.6 Å². The summed E-state index contributed by atoms with van der Waals surface area (Å²) in [5, 5.41) is 14.5. The Morgan fingerprint density at radius 1 is 1.35 bits per heavy atom. The quantitative estimate of drug-likeness (QED) is 0.586. The van der Waals surface area contributed by atoms with Gasteiger partial charge in [-0.3, -0.25) is 9.59 Å². The average Bonchev–Trinajstić information content (AvgIpc) is 2.38. The highest BCUT2D eigenvalue weighted by molar-refractivity contribution is 5.94. The molecule has 1 amide bonds. The largest absolute Gasteiger partial charge is 0.480 e. The highest BCUT2D eigenvalue weighted by Gasteiger charge is 2.20. The maximum atomic E-state index is 11.9. The molecule has 5 N–H and O–H groups in total. The van der Waals surface area contributed by atoms with Gasteiger partial charge in [-0.15, -0.1) is 0 Å². The van der Waals surface area contributed by atoms with E-state index < -0.39 is 12.0 Å². The number of nitrogens with one attached hydrogen (secondary N) is 2. The van der Waals surface area contributed by atoms with E-state index in [1.807, 2.05) is 32.0 Å². The van der Waals surface area contributed by atoms with E-state index >= 15 is 0 Å². The Hall–Kier alpha value is -1.92. The van der Waals surface area contributed by atoms with Crippen molar-refractivity contribution < 1.29 is 14.7 Å². The summed E-state index contributed by atoms with van der Waals surface area (Å²) in [4.78, 5) is 22.9. The van der Waals surface area contributed by atoms with Gasteiger partial charge in [0.05, 0.1) is 6.42 Å². The number of carbonyl (C=O) groups is 2. The van der Waals surface area contributed by atoms with Gasteiger partial charge in [0, 0.05) is 18.8 Å². The molecule has 0 saturated carbocycles. The van der Waals surface area contributed by atoms with Crippen molar-refractivity contribution in [3.8, 4) is 0 Å². The maximum absolute atomic E-state index is 11.9. The van der Waals surface area contributed by atoms with E-state index in [1.54, 1.807) is 0 Å². The third-order valence-electron chi connectivity index (χ3n) is 2.89. The molecule has 0 unspecified atom stereocenters. The van der Waals surface area contributed by atoms with Crippen LogP contribution in [0.2, 0.25) is 0 Å². The van der Waals surface area contributed by atoms with Crippen LogP contribution >= 0.6 is 0 Å². The van der Waals surface area contributed by atoms with E-state index in [0.717, 1.165) is 11.1 Å². The zero-order chi connectivity index (χ0) is 15.1. The summed E-state index contributed by atoms with van der Waals surface area (Å²) < 4.78 is 0. The number of nitrogens with two attached hydrogens (primary N) is 1. The standard InChI is InChI=1S/C14H21N3O3/c1-9-3-4-10(2)11(7-9)17-13(18)8-12(14(19)20)16-6-5-15/h3-4,7,12,16H,5-6,8,15H2,1-2H3,(H,17,18)(H,19,20)/t12-/m1/s1. The van der Waals surface area contributed by atoms with Crippen LogP contribution in [0.15, 0.2) is 18.2 Å². The van der Waals surface area contributed by atoms with E-state index in [1.165, 1.54) is 0 Å². The molecule has 0 radical (unpaired) electrons. The predicted octanol–water partition coefficient (Wildman–Crippen LogP) is 0.634. The van der Waals surface area contributed by atoms with Crippen molar-refractivity contribution in [2.24, 2.45) is 5.73 Å². The van der Waals surface area contributed by atoms with E-state index in [2.05, 4.69) is 10.6 Å². The number of amides is 1. The fourth-order valence-corrected chi connectivity index (χ4v) is 1.76. The molecule has 1 aromatic rings. The first kappa shape index (κ1) is 16.1. The van der Waals surface area contributed by atoms with Crippen molar-refractivity contribution in [1.82, 2.24) is 5.32 Å². The first-order valence-electron chi connectivity index (χ1n) is 6.47. The SMILES string of the molecule is Cc1ccc(C)c(NC(=O)C[C@@H](NCCN)C(=O)O)c1. The van der Waals surface area contributed by atoms with Crippen molar-refractivity contribution in [3.05, 3.63) is 29.3 Å². The molecule has 1 aromatic carbocycles. The molecule has 0 fully saturated rings. The maximum Gasteiger partial charge on any atom is 0.321 e. The van der Waals surface area contributed by atoms with Crippen molar-refractivity contribution in [3.63, 3.8) is 0 Å². The Labute approximate surface area is 118 Å². The molecule has 6 heteroatoms. The molecule has 0 bridgehead atoms. The second kappa shape index (κ2) is 7.62. The van der Waals surface area contributed by atoms with Gasteiger partial charge in [0.1, 0.15) is 6.04 Å². The lowest BCUT2D eigenvalue weighted by molar-refractivity contribution is -0.141. The van der Waals surface area contributed by atoms with Crippen molar-refractivity contribution in [1.29, 1.82) is 0 Å². The summed E-state index contributed by atoms with van der Waals surface area (Å²) >= 11 is 0. The smallest absolute Gasteiger partial charge is 0.321 e. The van der Waals surface area contributed by atoms with Gasteiger partial charge >= 0.3 is 5.97 Å². The van der Waals surface area contributed by atoms with Crippen LogP contribution in [-0.4, -0.2) is 36.1 Å². The summed E-state index contributed by atoms with van der Waals surface area (Å²) in [6.45, 7) is 4.49. The molecular formula is C14H21N3O3. The van der Waals surface area contributed by atoms with Crippen LogP contribution in [0.5, 0.6) is 0 Å². The van der Waals surface area contributed by atoms with Crippen LogP contribution in [0.1, 0.15) is 17.5 Å². The number of aliphatic carboxylic acids is 1. The molecule has 20 heavy (non-hydrogen) atoms. The number of hydrogen-bond donors (Lipinski definition) is 4. The first-order valence-corrected chi connectivity index (χ1v) is 6.47. The van der Waals surface area contributed by atoms with E-state index in [-0.39, 0.29) is 12.3 Å². The lowest BCUT2D eigenvalue weighted by Crippen LogP contribution is -2.41. The van der Waals surface area contributed by atoms with Crippen molar-refractivity contribution in [2.45, 2.75) is 26.3 Å². The van der Waals surface area contributed by atoms with E-state index in [0.29, 0.717) is 18.8 Å². The lowest BCUT2D eigenvalue weighted by atomic mass is 10.1. The second-order valence-electron chi connectivity index (χ2n) is 4.70. The first-order chi connectivity index (χ1) is 9.43. The summed E-state index contributed by atoms with van der Waals surface area (Å²) in [6, 6.07) is 4.79. The molecular weight excluding hydrogens is 258 g/mol. The van der Waals surface area contributed by atoms with Gasteiger partial charge < -0.3 is 21.5 Å². The number of carboxylic acid groups (broad SMARTS) is 1. The third-order valence-corrected chi connectivity index (χ3v) is 2.89. The molecule has 6 nitrogen and oxygen atoms in total. The zero-order valence-corrected chi connectivity index (χ0v) is 11.8. The summed E-state index contributed by atoms with van der Waals surface area (Å²) in [7, 11) is 0. The normalized spacial score (nSPS) is 11.9. The molecule has 1 atom stereocenters. The van der Waals surface area contributed by atoms with Crippen LogP contribution in [0.4, 0.5) is 5.69 Å². The lowest BCUT2D eigenvalue weighted by Gasteiger charge is -2.14. The van der Waals surface area contributed by atoms with Crippen molar-refractivity contribution in [2.75, 3.05) is 18.4 Å². The fourth-order valence-electron chi connectivity index (χ4n) is 1.76. The average molecular weight is 279 g/mol. The molecule has 0 saturated heterocycles. The van der Waals surface area contributed by atoms with Crippen LogP contribution in [0, 0.1) is 13.8 Å². The van der Waals surface area contributed by atoms with E-state index in [4.69, 9.17) is 10.8 Å². The van der Waals surface area contributed by atoms with E-state index in [9.17, 15) is 9.59 Å². The Bertz CT molecular complexity index is 489. The molecule has 110 valence electrons.